The second-order valence-electron chi connectivity index (χ2n) is 4.89. The van der Waals surface area contributed by atoms with Crippen molar-refractivity contribution in [3.05, 3.63) is 4.88 Å². The van der Waals surface area contributed by atoms with Crippen LogP contribution in [0.5, 0.6) is 0 Å². The Morgan fingerprint density at radius 1 is 1.37 bits per heavy atom. The summed E-state index contributed by atoms with van der Waals surface area (Å²) in [6.45, 7) is 12.0. The number of carbonyl (C=O) groups is 1. The van der Waals surface area contributed by atoms with Crippen molar-refractivity contribution in [3.63, 3.8) is 0 Å². The van der Waals surface area contributed by atoms with Crippen molar-refractivity contribution in [2.24, 2.45) is 5.92 Å². The van der Waals surface area contributed by atoms with Crippen LogP contribution in [-0.2, 0) is 0 Å². The fourth-order valence-corrected chi connectivity index (χ4v) is 2.57. The van der Waals surface area contributed by atoms with E-state index in [0.29, 0.717) is 16.6 Å². The van der Waals surface area contributed by atoms with Gasteiger partial charge in [-0.05, 0) is 26.7 Å². The van der Waals surface area contributed by atoms with Gasteiger partial charge < -0.3 is 16.0 Å². The molecule has 0 aliphatic heterocycles. The molecule has 0 fully saturated rings. The largest absolute Gasteiger partial charge is 0.382 e. The van der Waals surface area contributed by atoms with Crippen molar-refractivity contribution in [2.75, 3.05) is 23.7 Å². The first-order chi connectivity index (χ1) is 8.90. The van der Waals surface area contributed by atoms with Gasteiger partial charge in [-0.25, -0.2) is 4.98 Å². The van der Waals surface area contributed by atoms with Gasteiger partial charge in [0.15, 0.2) is 5.13 Å². The molecular weight excluding hydrogens is 260 g/mol. The summed E-state index contributed by atoms with van der Waals surface area (Å²) in [7, 11) is 0. The Kier molecular flexibility index (Phi) is 5.60. The lowest BCUT2D eigenvalue weighted by atomic mass is 10.1. The Labute approximate surface area is 119 Å². The van der Waals surface area contributed by atoms with Crippen molar-refractivity contribution in [1.29, 1.82) is 0 Å². The third-order valence-corrected chi connectivity index (χ3v) is 4.37. The highest BCUT2D eigenvalue weighted by atomic mass is 32.1. The van der Waals surface area contributed by atoms with E-state index in [0.717, 1.165) is 18.2 Å². The van der Waals surface area contributed by atoms with Gasteiger partial charge in [-0.1, -0.05) is 25.2 Å². The van der Waals surface area contributed by atoms with Gasteiger partial charge in [0, 0.05) is 19.1 Å². The summed E-state index contributed by atoms with van der Waals surface area (Å²) in [5.74, 6) is 0.579. The molecule has 0 aliphatic carbocycles. The van der Waals surface area contributed by atoms with Crippen molar-refractivity contribution < 1.29 is 4.79 Å². The number of nitrogen functional groups attached to an aromatic ring is 1. The highest BCUT2D eigenvalue weighted by molar-refractivity contribution is 7.18. The highest BCUT2D eigenvalue weighted by Gasteiger charge is 2.20. The van der Waals surface area contributed by atoms with E-state index in [-0.39, 0.29) is 11.9 Å². The van der Waals surface area contributed by atoms with Crippen molar-refractivity contribution in [1.82, 2.24) is 10.3 Å². The van der Waals surface area contributed by atoms with Crippen molar-refractivity contribution in [3.8, 4) is 0 Å². The second kappa shape index (κ2) is 6.75. The number of hydrogen-bond acceptors (Lipinski definition) is 5. The average molecular weight is 284 g/mol. The fourth-order valence-electron chi connectivity index (χ4n) is 1.55. The number of rotatable bonds is 6. The lowest BCUT2D eigenvalue weighted by Crippen LogP contribution is -2.36. The predicted octanol–water partition coefficient (Wildman–Crippen LogP) is 2.35. The Bertz CT molecular complexity index is 426. The molecule has 3 N–H and O–H groups in total. The summed E-state index contributed by atoms with van der Waals surface area (Å²) >= 11 is 1.36. The molecule has 0 aromatic carbocycles. The van der Waals surface area contributed by atoms with Gasteiger partial charge >= 0.3 is 0 Å². The molecule has 0 saturated heterocycles. The third-order valence-electron chi connectivity index (χ3n) is 3.24. The maximum Gasteiger partial charge on any atom is 0.265 e. The lowest BCUT2D eigenvalue weighted by Gasteiger charge is -2.17. The van der Waals surface area contributed by atoms with Gasteiger partial charge in [-0.15, -0.1) is 0 Å². The molecule has 0 radical (unpaired) electrons. The molecule has 1 aromatic heterocycles. The fraction of sp³-hybridized carbons (Fsp3) is 0.692. The zero-order valence-electron chi connectivity index (χ0n) is 12.4. The van der Waals surface area contributed by atoms with E-state index in [1.807, 2.05) is 6.92 Å². The van der Waals surface area contributed by atoms with Gasteiger partial charge in [-0.2, -0.15) is 0 Å². The van der Waals surface area contributed by atoms with Crippen LogP contribution >= 0.6 is 11.3 Å². The molecule has 0 aliphatic rings. The monoisotopic (exact) mass is 284 g/mol. The summed E-state index contributed by atoms with van der Waals surface area (Å²) in [5.41, 5.74) is 5.85. The number of nitrogens with one attached hydrogen (secondary N) is 1. The van der Waals surface area contributed by atoms with Crippen molar-refractivity contribution in [2.45, 2.75) is 40.7 Å². The standard InChI is InChI=1S/C13H24N4OS/c1-6-17(7-2)13-16-11(14)10(19-13)12(18)15-9(5)8(3)4/h8-9H,6-7,14H2,1-5H3,(H,15,18). The highest BCUT2D eigenvalue weighted by Crippen LogP contribution is 2.28. The molecule has 0 bridgehead atoms. The molecule has 0 saturated carbocycles. The molecular formula is C13H24N4OS. The van der Waals surface area contributed by atoms with Crippen LogP contribution in [0.3, 0.4) is 0 Å². The number of nitrogens with zero attached hydrogens (tertiary/aromatic N) is 2. The van der Waals surface area contributed by atoms with Gasteiger partial charge in [0.2, 0.25) is 0 Å². The van der Waals surface area contributed by atoms with E-state index in [1.165, 1.54) is 11.3 Å². The Morgan fingerprint density at radius 3 is 2.42 bits per heavy atom. The molecule has 1 aromatic rings. The lowest BCUT2D eigenvalue weighted by molar-refractivity contribution is 0.0935. The molecule has 5 nitrogen and oxygen atoms in total. The Hall–Kier alpha value is -1.30. The van der Waals surface area contributed by atoms with E-state index >= 15 is 0 Å². The van der Waals surface area contributed by atoms with Crippen LogP contribution in [0.15, 0.2) is 0 Å². The van der Waals surface area contributed by atoms with E-state index in [9.17, 15) is 4.79 Å². The summed E-state index contributed by atoms with van der Waals surface area (Å²) in [6, 6.07) is 0.117. The van der Waals surface area contributed by atoms with Crippen LogP contribution in [0.25, 0.3) is 0 Å². The number of thiazole rings is 1. The molecule has 19 heavy (non-hydrogen) atoms. The number of nitrogens with two attached hydrogens (primary N) is 1. The molecule has 108 valence electrons. The SMILES string of the molecule is CCN(CC)c1nc(N)c(C(=O)NC(C)C(C)C)s1. The zero-order chi connectivity index (χ0) is 14.6. The normalized spacial score (nSPS) is 12.5. The summed E-state index contributed by atoms with van der Waals surface area (Å²) < 4.78 is 0. The maximum absolute atomic E-state index is 12.2. The minimum atomic E-state index is -0.130. The zero-order valence-corrected chi connectivity index (χ0v) is 13.2. The molecule has 1 amide bonds. The molecule has 0 spiro atoms. The minimum absolute atomic E-state index is 0.117. The van der Waals surface area contributed by atoms with Crippen LogP contribution < -0.4 is 16.0 Å². The molecule has 1 unspecified atom stereocenters. The van der Waals surface area contributed by atoms with Gasteiger partial charge in [-0.3, -0.25) is 4.79 Å². The average Bonchev–Trinajstić information content (AvgIpc) is 2.72. The van der Waals surface area contributed by atoms with Crippen LogP contribution in [0.4, 0.5) is 10.9 Å². The summed E-state index contributed by atoms with van der Waals surface area (Å²) in [4.78, 5) is 19.0. The Balaban J connectivity index is 2.87. The van der Waals surface area contributed by atoms with Crippen LogP contribution in [0, 0.1) is 5.92 Å². The number of anilines is 2. The smallest absolute Gasteiger partial charge is 0.265 e. The van der Waals surface area contributed by atoms with E-state index in [2.05, 4.69) is 42.9 Å². The molecule has 1 atom stereocenters. The quantitative estimate of drug-likeness (QED) is 0.841. The predicted molar refractivity (Wildman–Crippen MR) is 81.9 cm³/mol. The van der Waals surface area contributed by atoms with E-state index in [1.54, 1.807) is 0 Å². The van der Waals surface area contributed by atoms with Gasteiger partial charge in [0.1, 0.15) is 10.7 Å². The first-order valence-electron chi connectivity index (χ1n) is 6.72. The molecule has 6 heteroatoms. The third kappa shape index (κ3) is 3.83. The van der Waals surface area contributed by atoms with Crippen molar-refractivity contribution >= 4 is 28.2 Å². The van der Waals surface area contributed by atoms with Crippen LogP contribution in [0.1, 0.15) is 44.3 Å². The first-order valence-corrected chi connectivity index (χ1v) is 7.54. The second-order valence-corrected chi connectivity index (χ2v) is 5.87. The number of hydrogen-bond donors (Lipinski definition) is 2. The first kappa shape index (κ1) is 15.8. The molecule has 1 heterocycles. The van der Waals surface area contributed by atoms with E-state index < -0.39 is 0 Å². The minimum Gasteiger partial charge on any atom is -0.382 e. The summed E-state index contributed by atoms with van der Waals surface area (Å²) in [5, 5.41) is 3.77. The number of amides is 1. The van der Waals surface area contributed by atoms with Gasteiger partial charge in [0.25, 0.3) is 5.91 Å². The van der Waals surface area contributed by atoms with Crippen LogP contribution in [0.2, 0.25) is 0 Å². The molecule has 1 rings (SSSR count). The summed E-state index contributed by atoms with van der Waals surface area (Å²) in [6.07, 6.45) is 0. The maximum atomic E-state index is 12.2. The number of aromatic nitrogens is 1. The number of carbonyl (C=O) groups excluding carboxylic acids is 1. The van der Waals surface area contributed by atoms with Gasteiger partial charge in [0.05, 0.1) is 0 Å². The topological polar surface area (TPSA) is 71.2 Å². The van der Waals surface area contributed by atoms with Crippen LogP contribution in [-0.4, -0.2) is 30.0 Å². The Morgan fingerprint density at radius 2 is 1.95 bits per heavy atom. The van der Waals surface area contributed by atoms with E-state index in [4.69, 9.17) is 5.73 Å².